The number of ether oxygens (including phenoxy) is 5. The lowest BCUT2D eigenvalue weighted by Crippen LogP contribution is -2.17. The van der Waals surface area contributed by atoms with Gasteiger partial charge in [0.2, 0.25) is 5.75 Å². The van der Waals surface area contributed by atoms with Crippen LogP contribution in [0.3, 0.4) is 0 Å². The summed E-state index contributed by atoms with van der Waals surface area (Å²) in [7, 11) is 6.25. The molecule has 2 aromatic carbocycles. The minimum atomic E-state index is -0.991. The summed E-state index contributed by atoms with van der Waals surface area (Å²) in [5.74, 6) is 2.75. The van der Waals surface area contributed by atoms with Gasteiger partial charge in [0.1, 0.15) is 12.2 Å². The summed E-state index contributed by atoms with van der Waals surface area (Å²) in [4.78, 5) is 0. The third kappa shape index (κ3) is 5.46. The average Bonchev–Trinajstić information content (AvgIpc) is 2.72. The summed E-state index contributed by atoms with van der Waals surface area (Å²) in [6.45, 7) is 3.47. The molecule has 0 heterocycles. The average molecular weight is 406 g/mol. The molecule has 0 fully saturated rings. The van der Waals surface area contributed by atoms with Crippen LogP contribution in [-0.4, -0.2) is 50.9 Å². The Hall–Kier alpha value is -2.64. The first-order valence-corrected chi connectivity index (χ1v) is 9.34. The molecule has 0 aliphatic rings. The molecule has 0 aliphatic carbocycles. The zero-order valence-corrected chi connectivity index (χ0v) is 17.8. The van der Waals surface area contributed by atoms with E-state index in [1.807, 2.05) is 19.1 Å². The molecule has 0 unspecified atom stereocenters. The Balaban J connectivity index is 2.19. The largest absolute Gasteiger partial charge is 0.493 e. The zero-order valence-electron chi connectivity index (χ0n) is 17.8. The first kappa shape index (κ1) is 22.6. The molecule has 2 rings (SSSR count). The first-order chi connectivity index (χ1) is 13.8. The Morgan fingerprint density at radius 1 is 0.759 bits per heavy atom. The summed E-state index contributed by atoms with van der Waals surface area (Å²) in [6.07, 6.45) is -1.46. The number of aliphatic hydroxyl groups excluding tert-OH is 2. The van der Waals surface area contributed by atoms with E-state index in [2.05, 4.69) is 0 Å². The van der Waals surface area contributed by atoms with Gasteiger partial charge < -0.3 is 33.9 Å². The summed E-state index contributed by atoms with van der Waals surface area (Å²) >= 11 is 0. The van der Waals surface area contributed by atoms with Crippen molar-refractivity contribution in [1.29, 1.82) is 0 Å². The van der Waals surface area contributed by atoms with Crippen LogP contribution in [0, 0.1) is 0 Å². The van der Waals surface area contributed by atoms with E-state index in [0.717, 1.165) is 5.56 Å². The Labute approximate surface area is 171 Å². The van der Waals surface area contributed by atoms with Crippen LogP contribution in [0.4, 0.5) is 0 Å². The van der Waals surface area contributed by atoms with E-state index < -0.39 is 12.2 Å². The summed E-state index contributed by atoms with van der Waals surface area (Å²) < 4.78 is 27.6. The van der Waals surface area contributed by atoms with Gasteiger partial charge in [-0.05, 0) is 49.2 Å². The molecule has 160 valence electrons. The molecular formula is C22H30O7. The summed E-state index contributed by atoms with van der Waals surface area (Å²) in [5, 5.41) is 19.6. The van der Waals surface area contributed by atoms with E-state index in [-0.39, 0.29) is 6.10 Å². The number of aliphatic hydroxyl groups is 2. The zero-order chi connectivity index (χ0) is 21.6. The van der Waals surface area contributed by atoms with Gasteiger partial charge in [-0.2, -0.15) is 0 Å². The van der Waals surface area contributed by atoms with Crippen LogP contribution < -0.4 is 23.7 Å². The van der Waals surface area contributed by atoms with Gasteiger partial charge in [-0.3, -0.25) is 0 Å². The third-order valence-electron chi connectivity index (χ3n) is 4.56. The maximum absolute atomic E-state index is 10.0. The van der Waals surface area contributed by atoms with Gasteiger partial charge in [0, 0.05) is 6.42 Å². The fraction of sp³-hybridized carbons (Fsp3) is 0.455. The highest BCUT2D eigenvalue weighted by Gasteiger charge is 2.19. The van der Waals surface area contributed by atoms with Crippen molar-refractivity contribution < 1.29 is 33.9 Å². The Morgan fingerprint density at radius 3 is 1.83 bits per heavy atom. The van der Waals surface area contributed by atoms with Gasteiger partial charge in [-0.15, -0.1) is 0 Å². The Bertz CT molecular complexity index is 779. The molecule has 0 bridgehead atoms. The molecule has 0 saturated carbocycles. The number of methoxy groups -OCH3 is 4. The van der Waals surface area contributed by atoms with Gasteiger partial charge in [0.25, 0.3) is 0 Å². The van der Waals surface area contributed by atoms with Crippen molar-refractivity contribution >= 4 is 0 Å². The predicted molar refractivity (Wildman–Crippen MR) is 110 cm³/mol. The van der Waals surface area contributed by atoms with Crippen molar-refractivity contribution in [1.82, 2.24) is 0 Å². The Morgan fingerprint density at radius 2 is 1.34 bits per heavy atom. The van der Waals surface area contributed by atoms with E-state index in [1.54, 1.807) is 39.5 Å². The fourth-order valence-corrected chi connectivity index (χ4v) is 3.09. The molecule has 2 aromatic rings. The lowest BCUT2D eigenvalue weighted by atomic mass is 10.0. The van der Waals surface area contributed by atoms with E-state index >= 15 is 0 Å². The van der Waals surface area contributed by atoms with Crippen molar-refractivity contribution in [3.63, 3.8) is 0 Å². The van der Waals surface area contributed by atoms with E-state index in [0.29, 0.717) is 40.7 Å². The van der Waals surface area contributed by atoms with E-state index in [4.69, 9.17) is 23.7 Å². The molecule has 0 amide bonds. The SMILES string of the molecule is COc1cc([C@@H](O)[C@@H](C)O)ccc1O[C@@H](C)Cc1cc(OC)c(OC)c(OC)c1. The number of rotatable bonds is 10. The molecule has 0 saturated heterocycles. The molecule has 29 heavy (non-hydrogen) atoms. The normalized spacial score (nSPS) is 13.9. The summed E-state index contributed by atoms with van der Waals surface area (Å²) in [6, 6.07) is 8.88. The van der Waals surface area contributed by atoms with E-state index in [9.17, 15) is 10.2 Å². The topological polar surface area (TPSA) is 86.6 Å². The van der Waals surface area contributed by atoms with Crippen molar-refractivity contribution in [2.75, 3.05) is 28.4 Å². The molecular weight excluding hydrogens is 376 g/mol. The molecule has 7 nitrogen and oxygen atoms in total. The predicted octanol–water partition coefficient (Wildman–Crippen LogP) is 3.15. The minimum Gasteiger partial charge on any atom is -0.493 e. The number of benzene rings is 2. The second-order valence-electron chi connectivity index (χ2n) is 6.76. The van der Waals surface area contributed by atoms with Crippen LogP contribution >= 0.6 is 0 Å². The number of hydrogen-bond donors (Lipinski definition) is 2. The Kier molecular flexibility index (Phi) is 7.99. The molecule has 0 radical (unpaired) electrons. The van der Waals surface area contributed by atoms with Crippen LogP contribution in [-0.2, 0) is 6.42 Å². The second kappa shape index (κ2) is 10.2. The van der Waals surface area contributed by atoms with Gasteiger partial charge in [-0.25, -0.2) is 0 Å². The molecule has 2 N–H and O–H groups in total. The van der Waals surface area contributed by atoms with Crippen LogP contribution in [0.2, 0.25) is 0 Å². The van der Waals surface area contributed by atoms with Crippen LogP contribution in [0.25, 0.3) is 0 Å². The maximum Gasteiger partial charge on any atom is 0.203 e. The van der Waals surface area contributed by atoms with E-state index in [1.165, 1.54) is 14.0 Å². The third-order valence-corrected chi connectivity index (χ3v) is 4.56. The van der Waals surface area contributed by atoms with Gasteiger partial charge in [0.05, 0.1) is 34.5 Å². The minimum absolute atomic E-state index is 0.181. The quantitative estimate of drug-likeness (QED) is 0.627. The van der Waals surface area contributed by atoms with Crippen molar-refractivity contribution in [3.05, 3.63) is 41.5 Å². The van der Waals surface area contributed by atoms with Gasteiger partial charge in [-0.1, -0.05) is 6.07 Å². The highest BCUT2D eigenvalue weighted by atomic mass is 16.5. The van der Waals surface area contributed by atoms with Crippen molar-refractivity contribution in [2.45, 2.75) is 38.6 Å². The standard InChI is InChI=1S/C22H30O7/c1-13(9-15-10-19(26-4)22(28-6)20(11-15)27-5)29-17-8-7-16(12-18(17)25-3)21(24)14(2)23/h7-8,10-14,21,23-24H,9H2,1-6H3/t13-,14+,21-/m0/s1. The van der Waals surface area contributed by atoms with Crippen molar-refractivity contribution in [3.8, 4) is 28.7 Å². The smallest absolute Gasteiger partial charge is 0.203 e. The van der Waals surface area contributed by atoms with Gasteiger partial charge >= 0.3 is 0 Å². The summed E-state index contributed by atoms with van der Waals surface area (Å²) in [5.41, 5.74) is 1.52. The van der Waals surface area contributed by atoms with Crippen LogP contribution in [0.5, 0.6) is 28.7 Å². The highest BCUT2D eigenvalue weighted by molar-refractivity contribution is 5.54. The second-order valence-corrected chi connectivity index (χ2v) is 6.76. The lowest BCUT2D eigenvalue weighted by Gasteiger charge is -2.20. The maximum atomic E-state index is 10.0. The van der Waals surface area contributed by atoms with Crippen molar-refractivity contribution in [2.24, 2.45) is 0 Å². The van der Waals surface area contributed by atoms with Crippen LogP contribution in [0.15, 0.2) is 30.3 Å². The lowest BCUT2D eigenvalue weighted by molar-refractivity contribution is 0.0303. The number of hydrogen-bond acceptors (Lipinski definition) is 7. The molecule has 3 atom stereocenters. The van der Waals surface area contributed by atoms with Gasteiger partial charge in [0.15, 0.2) is 23.0 Å². The molecule has 0 aliphatic heterocycles. The fourth-order valence-electron chi connectivity index (χ4n) is 3.09. The van der Waals surface area contributed by atoms with Crippen LogP contribution in [0.1, 0.15) is 31.1 Å². The molecule has 0 aromatic heterocycles. The molecule has 0 spiro atoms. The molecule has 7 heteroatoms. The highest BCUT2D eigenvalue weighted by Crippen LogP contribution is 2.39. The monoisotopic (exact) mass is 406 g/mol. The first-order valence-electron chi connectivity index (χ1n) is 9.34.